The summed E-state index contributed by atoms with van der Waals surface area (Å²) in [5, 5.41) is 0. The van der Waals surface area contributed by atoms with Crippen LogP contribution in [0.1, 0.15) is 5.82 Å². The van der Waals surface area contributed by atoms with Crippen LogP contribution in [0.2, 0.25) is 0 Å². The van der Waals surface area contributed by atoms with Crippen molar-refractivity contribution in [2.24, 2.45) is 0 Å². The summed E-state index contributed by atoms with van der Waals surface area (Å²) in [6, 6.07) is 1.47. The zero-order valence-corrected chi connectivity index (χ0v) is 5.43. The van der Waals surface area contributed by atoms with Crippen LogP contribution in [0.3, 0.4) is 0 Å². The third kappa shape index (κ3) is 1.42. The summed E-state index contributed by atoms with van der Waals surface area (Å²) in [5.41, 5.74) is 0.677. The van der Waals surface area contributed by atoms with Gasteiger partial charge in [0.05, 0.1) is 0 Å². The van der Waals surface area contributed by atoms with Crippen LogP contribution in [0.4, 0.5) is 0 Å². The minimum atomic E-state index is -0.0833. The number of nitrogens with zero attached hydrogens (tertiary/aromatic N) is 1. The average molecular weight is 122 g/mol. The van der Waals surface area contributed by atoms with Crippen LogP contribution in [0.15, 0.2) is 10.9 Å². The highest BCUT2D eigenvalue weighted by molar-refractivity contribution is 6.30. The molecule has 0 bridgehead atoms. The molecule has 0 saturated heterocycles. The minimum absolute atomic E-state index is 0.0833. The molecule has 1 aromatic heterocycles. The standard InChI is InChI=1S/C5H7BN2O/c1-3-7-4(6)2-5(9)8-3/h2H,6H2,1H3,(H,7,8,9). The van der Waals surface area contributed by atoms with Crippen LogP contribution in [0.25, 0.3) is 0 Å². The predicted octanol–water partition coefficient (Wildman–Crippen LogP) is -1.66. The average Bonchev–Trinajstić information content (AvgIpc) is 1.59. The maximum Gasteiger partial charge on any atom is 0.250 e. The molecule has 9 heavy (non-hydrogen) atoms. The van der Waals surface area contributed by atoms with Crippen molar-refractivity contribution in [1.82, 2.24) is 9.97 Å². The van der Waals surface area contributed by atoms with E-state index in [0.29, 0.717) is 5.82 Å². The molecule has 0 spiro atoms. The second-order valence-electron chi connectivity index (χ2n) is 1.97. The van der Waals surface area contributed by atoms with Crippen LogP contribution in [0, 0.1) is 6.92 Å². The van der Waals surface area contributed by atoms with Gasteiger partial charge in [-0.1, -0.05) is 0 Å². The number of nitrogens with one attached hydrogen (secondary N) is 1. The predicted molar refractivity (Wildman–Crippen MR) is 37.8 cm³/mol. The van der Waals surface area contributed by atoms with Crippen molar-refractivity contribution in [3.8, 4) is 0 Å². The number of rotatable bonds is 0. The molecule has 1 heterocycles. The van der Waals surface area contributed by atoms with Crippen molar-refractivity contribution in [3.05, 3.63) is 22.2 Å². The monoisotopic (exact) mass is 122 g/mol. The highest BCUT2D eigenvalue weighted by Gasteiger charge is 1.88. The minimum Gasteiger partial charge on any atom is -0.311 e. The lowest BCUT2D eigenvalue weighted by Gasteiger charge is -1.91. The molecule has 46 valence electrons. The fourth-order valence-electron chi connectivity index (χ4n) is 0.729. The van der Waals surface area contributed by atoms with E-state index in [4.69, 9.17) is 0 Å². The van der Waals surface area contributed by atoms with Gasteiger partial charge in [0.15, 0.2) is 7.85 Å². The molecular formula is C5H7BN2O. The lowest BCUT2D eigenvalue weighted by Crippen LogP contribution is -2.20. The lowest BCUT2D eigenvalue weighted by molar-refractivity contribution is 1.04. The summed E-state index contributed by atoms with van der Waals surface area (Å²) in [6.07, 6.45) is 0. The van der Waals surface area contributed by atoms with E-state index in [1.807, 2.05) is 0 Å². The first-order chi connectivity index (χ1) is 4.18. The van der Waals surface area contributed by atoms with E-state index >= 15 is 0 Å². The SMILES string of the molecule is Bc1cc(=O)[nH]c(C)n1. The maximum atomic E-state index is 10.6. The van der Waals surface area contributed by atoms with E-state index in [9.17, 15) is 4.79 Å². The summed E-state index contributed by atoms with van der Waals surface area (Å²) in [7, 11) is 1.79. The zero-order valence-electron chi connectivity index (χ0n) is 5.43. The Morgan fingerprint density at radius 3 is 2.89 bits per heavy atom. The highest BCUT2D eigenvalue weighted by Crippen LogP contribution is 1.70. The Bertz CT molecular complexity index is 245. The van der Waals surface area contributed by atoms with E-state index in [0.717, 1.165) is 5.59 Å². The van der Waals surface area contributed by atoms with Gasteiger partial charge < -0.3 is 4.98 Å². The second-order valence-corrected chi connectivity index (χ2v) is 1.97. The molecule has 0 aliphatic carbocycles. The Labute approximate surface area is 53.5 Å². The van der Waals surface area contributed by atoms with Crippen molar-refractivity contribution in [1.29, 1.82) is 0 Å². The van der Waals surface area contributed by atoms with Crippen LogP contribution in [0.5, 0.6) is 0 Å². The molecule has 1 rings (SSSR count). The summed E-state index contributed by atoms with van der Waals surface area (Å²) < 4.78 is 0. The molecule has 0 saturated carbocycles. The van der Waals surface area contributed by atoms with Gasteiger partial charge in [0, 0.05) is 11.7 Å². The number of hydrogen-bond acceptors (Lipinski definition) is 2. The first-order valence-corrected chi connectivity index (χ1v) is 2.73. The Kier molecular flexibility index (Phi) is 1.38. The third-order valence-electron chi connectivity index (χ3n) is 0.988. The number of aromatic amines is 1. The van der Waals surface area contributed by atoms with E-state index in [1.54, 1.807) is 14.8 Å². The van der Waals surface area contributed by atoms with Crippen molar-refractivity contribution in [2.45, 2.75) is 6.92 Å². The molecule has 0 radical (unpaired) electrons. The maximum absolute atomic E-state index is 10.6. The van der Waals surface area contributed by atoms with Gasteiger partial charge in [-0.25, -0.2) is 0 Å². The molecule has 0 atom stereocenters. The number of H-pyrrole nitrogens is 1. The molecule has 4 heteroatoms. The summed E-state index contributed by atoms with van der Waals surface area (Å²) >= 11 is 0. The Morgan fingerprint density at radius 1 is 1.78 bits per heavy atom. The Hall–Kier alpha value is -1.06. The molecule has 3 nitrogen and oxygen atoms in total. The lowest BCUT2D eigenvalue weighted by atomic mass is 10.1. The second kappa shape index (κ2) is 2.05. The largest absolute Gasteiger partial charge is 0.311 e. The van der Waals surface area contributed by atoms with Crippen molar-refractivity contribution in [2.75, 3.05) is 0 Å². The molecular weight excluding hydrogens is 115 g/mol. The van der Waals surface area contributed by atoms with Gasteiger partial charge in [-0.2, -0.15) is 0 Å². The van der Waals surface area contributed by atoms with Gasteiger partial charge in [0.2, 0.25) is 5.56 Å². The molecule has 1 N–H and O–H groups in total. The van der Waals surface area contributed by atoms with E-state index in [2.05, 4.69) is 9.97 Å². The smallest absolute Gasteiger partial charge is 0.250 e. The topological polar surface area (TPSA) is 45.8 Å². The van der Waals surface area contributed by atoms with Crippen LogP contribution >= 0.6 is 0 Å². The zero-order chi connectivity index (χ0) is 6.85. The molecule has 0 unspecified atom stereocenters. The molecule has 0 amide bonds. The van der Waals surface area contributed by atoms with E-state index in [-0.39, 0.29) is 5.56 Å². The number of hydrogen-bond donors (Lipinski definition) is 1. The number of aromatic nitrogens is 2. The summed E-state index contributed by atoms with van der Waals surface area (Å²) in [5.74, 6) is 0.667. The molecule has 0 aromatic carbocycles. The van der Waals surface area contributed by atoms with E-state index in [1.165, 1.54) is 6.07 Å². The van der Waals surface area contributed by atoms with E-state index < -0.39 is 0 Å². The normalized spacial score (nSPS) is 9.44. The van der Waals surface area contributed by atoms with Gasteiger partial charge in [-0.15, -0.1) is 0 Å². The third-order valence-corrected chi connectivity index (χ3v) is 0.988. The van der Waals surface area contributed by atoms with Crippen molar-refractivity contribution in [3.63, 3.8) is 0 Å². The van der Waals surface area contributed by atoms with Gasteiger partial charge in [-0.05, 0) is 6.92 Å². The highest BCUT2D eigenvalue weighted by atomic mass is 16.1. The molecule has 1 aromatic rings. The molecule has 0 fully saturated rings. The Balaban J connectivity index is 3.33. The quantitative estimate of drug-likeness (QED) is 0.418. The van der Waals surface area contributed by atoms with Gasteiger partial charge >= 0.3 is 0 Å². The fourth-order valence-corrected chi connectivity index (χ4v) is 0.729. The van der Waals surface area contributed by atoms with Crippen molar-refractivity contribution >= 4 is 13.4 Å². The number of aryl methyl sites for hydroxylation is 1. The fraction of sp³-hybridized carbons (Fsp3) is 0.200. The first-order valence-electron chi connectivity index (χ1n) is 2.73. The summed E-state index contributed by atoms with van der Waals surface area (Å²) in [4.78, 5) is 17.1. The van der Waals surface area contributed by atoms with Gasteiger partial charge in [0.1, 0.15) is 5.82 Å². The summed E-state index contributed by atoms with van der Waals surface area (Å²) in [6.45, 7) is 1.76. The van der Waals surface area contributed by atoms with Gasteiger partial charge in [0.25, 0.3) is 0 Å². The van der Waals surface area contributed by atoms with Crippen LogP contribution < -0.4 is 11.2 Å². The van der Waals surface area contributed by atoms with Crippen LogP contribution in [-0.4, -0.2) is 17.8 Å². The van der Waals surface area contributed by atoms with Crippen molar-refractivity contribution < 1.29 is 0 Å². The molecule has 0 aliphatic rings. The first kappa shape index (κ1) is 6.07. The molecule has 0 aliphatic heterocycles. The van der Waals surface area contributed by atoms with Gasteiger partial charge in [-0.3, -0.25) is 9.78 Å². The van der Waals surface area contributed by atoms with Crippen LogP contribution in [-0.2, 0) is 0 Å². The Morgan fingerprint density at radius 2 is 2.44 bits per heavy atom.